The summed E-state index contributed by atoms with van der Waals surface area (Å²) in [7, 11) is 0. The minimum absolute atomic E-state index is 0.694. The van der Waals surface area contributed by atoms with Gasteiger partial charge in [-0.25, -0.2) is 0 Å². The van der Waals surface area contributed by atoms with Crippen molar-refractivity contribution in [3.63, 3.8) is 0 Å². The first kappa shape index (κ1) is 9.87. The molecule has 15 heavy (non-hydrogen) atoms. The van der Waals surface area contributed by atoms with Crippen molar-refractivity contribution in [1.29, 1.82) is 0 Å². The van der Waals surface area contributed by atoms with E-state index in [4.69, 9.17) is 17.3 Å². The van der Waals surface area contributed by atoms with Crippen molar-refractivity contribution < 1.29 is 0 Å². The zero-order chi connectivity index (χ0) is 10.7. The third-order valence-corrected chi connectivity index (χ3v) is 2.37. The third kappa shape index (κ3) is 2.42. The van der Waals surface area contributed by atoms with Gasteiger partial charge in [0, 0.05) is 11.4 Å². The lowest BCUT2D eigenvalue weighted by molar-refractivity contribution is 1.55. The zero-order valence-electron chi connectivity index (χ0n) is 8.07. The molecule has 0 fully saturated rings. The highest BCUT2D eigenvalue weighted by atomic mass is 35.5. The number of hydrogen-bond acceptors (Lipinski definition) is 2. The van der Waals surface area contributed by atoms with Gasteiger partial charge in [0.15, 0.2) is 0 Å². The molecule has 0 heterocycles. The van der Waals surface area contributed by atoms with E-state index in [0.29, 0.717) is 5.02 Å². The van der Waals surface area contributed by atoms with Crippen molar-refractivity contribution in [3.05, 3.63) is 53.6 Å². The number of hydrogen-bond donors (Lipinski definition) is 2. The molecule has 2 aromatic carbocycles. The summed E-state index contributed by atoms with van der Waals surface area (Å²) in [6, 6.07) is 15.1. The van der Waals surface area contributed by atoms with Gasteiger partial charge in [0.1, 0.15) is 0 Å². The average molecular weight is 219 g/mol. The molecule has 0 aliphatic heterocycles. The van der Waals surface area contributed by atoms with Gasteiger partial charge in [-0.05, 0) is 30.3 Å². The largest absolute Gasteiger partial charge is 0.399 e. The maximum atomic E-state index is 6.02. The van der Waals surface area contributed by atoms with Crippen LogP contribution in [0.15, 0.2) is 48.5 Å². The molecule has 0 radical (unpaired) electrons. The molecule has 0 saturated carbocycles. The molecule has 3 heteroatoms. The lowest BCUT2D eigenvalue weighted by atomic mass is 10.2. The molecule has 0 spiro atoms. The van der Waals surface area contributed by atoms with Gasteiger partial charge in [-0.3, -0.25) is 0 Å². The number of nitrogens with one attached hydrogen (secondary N) is 1. The molecule has 0 atom stereocenters. The highest BCUT2D eigenvalue weighted by Gasteiger charge is 1.98. The quantitative estimate of drug-likeness (QED) is 0.755. The molecule has 0 unspecified atom stereocenters. The van der Waals surface area contributed by atoms with Crippen molar-refractivity contribution in [3.8, 4) is 0 Å². The minimum atomic E-state index is 0.694. The second kappa shape index (κ2) is 4.24. The van der Waals surface area contributed by atoms with E-state index < -0.39 is 0 Å². The van der Waals surface area contributed by atoms with Crippen LogP contribution in [0.4, 0.5) is 17.1 Å². The van der Waals surface area contributed by atoms with Crippen LogP contribution in [0.2, 0.25) is 5.02 Å². The van der Waals surface area contributed by atoms with Crippen LogP contribution in [0.3, 0.4) is 0 Å². The van der Waals surface area contributed by atoms with Gasteiger partial charge >= 0.3 is 0 Å². The van der Waals surface area contributed by atoms with Gasteiger partial charge in [0.2, 0.25) is 0 Å². The highest BCUT2D eigenvalue weighted by Crippen LogP contribution is 2.25. The van der Waals surface area contributed by atoms with Crippen LogP contribution in [0.25, 0.3) is 0 Å². The van der Waals surface area contributed by atoms with Crippen LogP contribution in [0.5, 0.6) is 0 Å². The maximum Gasteiger partial charge on any atom is 0.0640 e. The topological polar surface area (TPSA) is 38.0 Å². The molecule has 76 valence electrons. The Morgan fingerprint density at radius 1 is 1.00 bits per heavy atom. The second-order valence-electron chi connectivity index (χ2n) is 3.23. The molecular weight excluding hydrogens is 208 g/mol. The van der Waals surface area contributed by atoms with Crippen molar-refractivity contribution in [2.45, 2.75) is 0 Å². The average Bonchev–Trinajstić information content (AvgIpc) is 2.22. The second-order valence-corrected chi connectivity index (χ2v) is 3.64. The normalized spacial score (nSPS) is 9.93. The lowest BCUT2D eigenvalue weighted by Gasteiger charge is -2.08. The van der Waals surface area contributed by atoms with Crippen molar-refractivity contribution in [2.75, 3.05) is 11.1 Å². The zero-order valence-corrected chi connectivity index (χ0v) is 8.83. The Morgan fingerprint density at radius 2 is 1.80 bits per heavy atom. The third-order valence-electron chi connectivity index (χ3n) is 2.04. The summed E-state index contributed by atoms with van der Waals surface area (Å²) in [5.74, 6) is 0. The number of anilines is 3. The van der Waals surface area contributed by atoms with Gasteiger partial charge in [-0.2, -0.15) is 0 Å². The summed E-state index contributed by atoms with van der Waals surface area (Å²) >= 11 is 6.02. The summed E-state index contributed by atoms with van der Waals surface area (Å²) in [4.78, 5) is 0. The Hall–Kier alpha value is -1.67. The molecule has 2 rings (SSSR count). The van der Waals surface area contributed by atoms with Crippen LogP contribution in [-0.2, 0) is 0 Å². The molecule has 0 aliphatic carbocycles. The number of benzene rings is 2. The number of para-hydroxylation sites is 1. The Bertz CT molecular complexity index is 469. The smallest absolute Gasteiger partial charge is 0.0640 e. The van der Waals surface area contributed by atoms with E-state index in [-0.39, 0.29) is 0 Å². The van der Waals surface area contributed by atoms with Crippen LogP contribution in [0.1, 0.15) is 0 Å². The van der Waals surface area contributed by atoms with Gasteiger partial charge in [0.05, 0.1) is 10.7 Å². The highest BCUT2D eigenvalue weighted by molar-refractivity contribution is 6.33. The summed E-state index contributed by atoms with van der Waals surface area (Å²) in [6.45, 7) is 0. The maximum absolute atomic E-state index is 6.02. The number of nitrogens with two attached hydrogens (primary N) is 1. The summed E-state index contributed by atoms with van der Waals surface area (Å²) in [6.07, 6.45) is 0. The summed E-state index contributed by atoms with van der Waals surface area (Å²) < 4.78 is 0. The van der Waals surface area contributed by atoms with Crippen LogP contribution in [0, 0.1) is 0 Å². The lowest BCUT2D eigenvalue weighted by Crippen LogP contribution is -1.92. The van der Waals surface area contributed by atoms with Gasteiger partial charge in [-0.15, -0.1) is 0 Å². The Kier molecular flexibility index (Phi) is 2.79. The van der Waals surface area contributed by atoms with E-state index in [9.17, 15) is 0 Å². The van der Waals surface area contributed by atoms with Gasteiger partial charge < -0.3 is 11.1 Å². The fraction of sp³-hybridized carbons (Fsp3) is 0. The molecule has 2 nitrogen and oxygen atoms in total. The van der Waals surface area contributed by atoms with Gasteiger partial charge in [-0.1, -0.05) is 29.8 Å². The number of halogens is 1. The Morgan fingerprint density at radius 3 is 2.53 bits per heavy atom. The van der Waals surface area contributed by atoms with Gasteiger partial charge in [0.25, 0.3) is 0 Å². The minimum Gasteiger partial charge on any atom is -0.399 e. The predicted molar refractivity (Wildman–Crippen MR) is 65.6 cm³/mol. The van der Waals surface area contributed by atoms with Crippen molar-refractivity contribution in [1.82, 2.24) is 0 Å². The molecule has 2 aromatic rings. The Balaban J connectivity index is 2.26. The SMILES string of the molecule is Nc1cccc(Nc2ccccc2Cl)c1. The first-order chi connectivity index (χ1) is 7.25. The van der Waals surface area contributed by atoms with Crippen LogP contribution >= 0.6 is 11.6 Å². The molecular formula is C12H11ClN2. The van der Waals surface area contributed by atoms with Crippen LogP contribution < -0.4 is 11.1 Å². The fourth-order valence-corrected chi connectivity index (χ4v) is 1.52. The Labute approximate surface area is 93.7 Å². The first-order valence-corrected chi connectivity index (χ1v) is 5.00. The molecule has 0 bridgehead atoms. The molecule has 0 aromatic heterocycles. The molecule has 3 N–H and O–H groups in total. The summed E-state index contributed by atoms with van der Waals surface area (Å²) in [5.41, 5.74) is 8.22. The number of nitrogen functional groups attached to an aromatic ring is 1. The van der Waals surface area contributed by atoms with E-state index in [1.54, 1.807) is 0 Å². The van der Waals surface area contributed by atoms with E-state index in [1.165, 1.54) is 0 Å². The standard InChI is InChI=1S/C12H11ClN2/c13-11-6-1-2-7-12(11)15-10-5-3-4-9(14)8-10/h1-8,15H,14H2. The van der Waals surface area contributed by atoms with E-state index in [2.05, 4.69) is 5.32 Å². The van der Waals surface area contributed by atoms with Crippen molar-refractivity contribution in [2.24, 2.45) is 0 Å². The summed E-state index contributed by atoms with van der Waals surface area (Å²) in [5, 5.41) is 3.90. The molecule has 0 amide bonds. The monoisotopic (exact) mass is 218 g/mol. The fourth-order valence-electron chi connectivity index (χ4n) is 1.33. The first-order valence-electron chi connectivity index (χ1n) is 4.63. The molecule has 0 saturated heterocycles. The van der Waals surface area contributed by atoms with E-state index in [1.807, 2.05) is 48.5 Å². The van der Waals surface area contributed by atoms with E-state index >= 15 is 0 Å². The predicted octanol–water partition coefficient (Wildman–Crippen LogP) is 3.67. The van der Waals surface area contributed by atoms with Crippen LogP contribution in [-0.4, -0.2) is 0 Å². The van der Waals surface area contributed by atoms with Crippen molar-refractivity contribution >= 4 is 28.7 Å². The molecule has 0 aliphatic rings. The van der Waals surface area contributed by atoms with E-state index in [0.717, 1.165) is 17.1 Å². The number of rotatable bonds is 2.